The molecule has 0 unspecified atom stereocenters. The van der Waals surface area contributed by atoms with E-state index in [1.54, 1.807) is 30.3 Å². The van der Waals surface area contributed by atoms with Crippen molar-refractivity contribution in [2.45, 2.75) is 49.9 Å². The van der Waals surface area contributed by atoms with Gasteiger partial charge in [0.25, 0.3) is 0 Å². The summed E-state index contributed by atoms with van der Waals surface area (Å²) in [6.45, 7) is 0. The van der Waals surface area contributed by atoms with Crippen LogP contribution < -0.4 is 0 Å². The van der Waals surface area contributed by atoms with Crippen LogP contribution in [-0.2, 0) is 14.3 Å². The summed E-state index contributed by atoms with van der Waals surface area (Å²) in [6.07, 6.45) is 3.21. The maximum absolute atomic E-state index is 14.1. The number of fused-ring (bicyclic) bond motifs is 3. The van der Waals surface area contributed by atoms with E-state index in [1.807, 2.05) is 0 Å². The van der Waals surface area contributed by atoms with Crippen molar-refractivity contribution >= 4 is 23.4 Å². The highest BCUT2D eigenvalue weighted by molar-refractivity contribution is 6.35. The van der Waals surface area contributed by atoms with Crippen LogP contribution in [0.1, 0.15) is 64.5 Å². The normalized spacial score (nSPS) is 28.6. The lowest BCUT2D eigenvalue weighted by Gasteiger charge is -2.33. The molecule has 3 fully saturated rings. The minimum absolute atomic E-state index is 0.192. The zero-order valence-corrected chi connectivity index (χ0v) is 17.8. The number of hydrogen-bond donors (Lipinski definition) is 0. The predicted molar refractivity (Wildman–Crippen MR) is 114 cm³/mol. The van der Waals surface area contributed by atoms with Crippen LogP contribution in [-0.4, -0.2) is 39.9 Å². The Morgan fingerprint density at radius 2 is 1.52 bits per heavy atom. The van der Waals surface area contributed by atoms with Crippen molar-refractivity contribution in [3.8, 4) is 0 Å². The zero-order chi connectivity index (χ0) is 22.9. The van der Waals surface area contributed by atoms with Crippen LogP contribution in [0.2, 0.25) is 0 Å². The molecule has 6 nitrogen and oxygen atoms in total. The van der Waals surface area contributed by atoms with Crippen molar-refractivity contribution in [1.29, 1.82) is 0 Å². The van der Waals surface area contributed by atoms with Crippen molar-refractivity contribution < 1.29 is 28.3 Å². The quantitative estimate of drug-likeness (QED) is 0.519. The van der Waals surface area contributed by atoms with Crippen molar-refractivity contribution in [2.24, 2.45) is 11.8 Å². The highest BCUT2D eigenvalue weighted by Crippen LogP contribution is 2.57. The van der Waals surface area contributed by atoms with Crippen LogP contribution in [0.25, 0.3) is 0 Å². The van der Waals surface area contributed by atoms with Gasteiger partial charge in [-0.3, -0.25) is 24.1 Å². The summed E-state index contributed by atoms with van der Waals surface area (Å²) in [7, 11) is 0. The molecule has 1 saturated carbocycles. The summed E-state index contributed by atoms with van der Waals surface area (Å²) in [5, 5.41) is 0. The van der Waals surface area contributed by atoms with Gasteiger partial charge in [-0.15, -0.1) is 0 Å². The second-order valence-electron chi connectivity index (χ2n) is 9.37. The number of nitrogens with zero attached hydrogens (tertiary/aromatic N) is 1. The summed E-state index contributed by atoms with van der Waals surface area (Å²) < 4.78 is 20.3. The van der Waals surface area contributed by atoms with Gasteiger partial charge in [0.05, 0.1) is 17.9 Å². The molecule has 2 aliphatic carbocycles. The first-order valence-electron chi connectivity index (χ1n) is 11.4. The van der Waals surface area contributed by atoms with Gasteiger partial charge in [-0.1, -0.05) is 55.7 Å². The average Bonchev–Trinajstić information content (AvgIpc) is 3.40. The Kier molecular flexibility index (Phi) is 4.43. The third-order valence-corrected chi connectivity index (χ3v) is 7.67. The molecule has 1 spiro atoms. The Morgan fingerprint density at radius 1 is 0.848 bits per heavy atom. The van der Waals surface area contributed by atoms with E-state index < -0.39 is 52.7 Å². The van der Waals surface area contributed by atoms with Gasteiger partial charge in [-0.2, -0.15) is 0 Å². The molecule has 33 heavy (non-hydrogen) atoms. The third-order valence-electron chi connectivity index (χ3n) is 7.67. The number of amides is 2. The first kappa shape index (κ1) is 20.4. The maximum Gasteiger partial charge on any atom is 0.237 e. The van der Waals surface area contributed by atoms with Gasteiger partial charge in [0.2, 0.25) is 29.0 Å². The first-order chi connectivity index (χ1) is 15.9. The fourth-order valence-corrected chi connectivity index (χ4v) is 6.22. The summed E-state index contributed by atoms with van der Waals surface area (Å²) in [6, 6.07) is 11.7. The molecule has 4 aliphatic rings. The van der Waals surface area contributed by atoms with E-state index in [0.717, 1.165) is 19.3 Å². The summed E-state index contributed by atoms with van der Waals surface area (Å²) >= 11 is 0. The molecule has 2 aromatic rings. The van der Waals surface area contributed by atoms with E-state index in [1.165, 1.54) is 23.1 Å². The van der Waals surface area contributed by atoms with E-state index in [4.69, 9.17) is 4.74 Å². The maximum atomic E-state index is 14.1. The fraction of sp³-hybridized carbons (Fsp3) is 0.385. The zero-order valence-electron chi connectivity index (χ0n) is 17.8. The van der Waals surface area contributed by atoms with Gasteiger partial charge in [-0.05, 0) is 30.5 Å². The number of benzene rings is 2. The highest BCUT2D eigenvalue weighted by atomic mass is 19.1. The third kappa shape index (κ3) is 2.63. The second kappa shape index (κ2) is 7.15. The Balaban J connectivity index is 1.51. The lowest BCUT2D eigenvalue weighted by Crippen LogP contribution is -2.52. The second-order valence-corrected chi connectivity index (χ2v) is 9.37. The molecule has 0 aromatic heterocycles. The number of carbonyl (C=O) groups is 4. The van der Waals surface area contributed by atoms with Crippen molar-refractivity contribution in [3.63, 3.8) is 0 Å². The van der Waals surface area contributed by atoms with Crippen LogP contribution in [0.3, 0.4) is 0 Å². The standard InChI is InChI=1S/C26H22FNO5/c27-15-8-6-7-14(13-15)21-19-20(25(32)28(24(19)31)16-9-2-1-3-10-16)26(33-21)22(29)17-11-4-5-12-18(17)23(26)30/h4-8,11-13,16,19-21H,1-3,9-10H2/t19-,20-,21+/m0/s1. The number of Topliss-reactive ketones (excluding diaryl/α,β-unsaturated/α-hetero) is 2. The molecule has 2 aromatic carbocycles. The topological polar surface area (TPSA) is 80.8 Å². The molecule has 168 valence electrons. The van der Waals surface area contributed by atoms with Gasteiger partial charge in [-0.25, -0.2) is 4.39 Å². The summed E-state index contributed by atoms with van der Waals surface area (Å²) in [5.74, 6) is -4.98. The molecule has 7 heteroatoms. The molecule has 2 heterocycles. The number of imide groups is 1. The van der Waals surface area contributed by atoms with Gasteiger partial charge >= 0.3 is 0 Å². The van der Waals surface area contributed by atoms with Crippen LogP contribution >= 0.6 is 0 Å². The molecule has 2 aliphatic heterocycles. The molecule has 0 bridgehead atoms. The number of halogens is 1. The van der Waals surface area contributed by atoms with Crippen LogP contribution in [0.15, 0.2) is 48.5 Å². The van der Waals surface area contributed by atoms with E-state index in [-0.39, 0.29) is 17.2 Å². The molecule has 2 saturated heterocycles. The molecule has 3 atom stereocenters. The smallest absolute Gasteiger partial charge is 0.237 e. The SMILES string of the molecule is O=C1[C@@H]2[C@@H](c3cccc(F)c3)OC3(C(=O)c4ccccc4C3=O)[C@@H]2C(=O)N1C1CCCCC1. The molecule has 0 radical (unpaired) electrons. The van der Waals surface area contributed by atoms with Gasteiger partial charge in [0.1, 0.15) is 5.82 Å². The van der Waals surface area contributed by atoms with Crippen molar-refractivity contribution in [1.82, 2.24) is 4.90 Å². The molecule has 0 N–H and O–H groups in total. The molecule has 2 amide bonds. The predicted octanol–water partition coefficient (Wildman–Crippen LogP) is 3.65. The number of ether oxygens (including phenoxy) is 1. The van der Waals surface area contributed by atoms with E-state index >= 15 is 0 Å². The average molecular weight is 447 g/mol. The molecular formula is C26H22FNO5. The van der Waals surface area contributed by atoms with Crippen molar-refractivity contribution in [3.05, 3.63) is 71.0 Å². The monoisotopic (exact) mass is 447 g/mol. The minimum atomic E-state index is -2.10. The largest absolute Gasteiger partial charge is 0.349 e. The van der Waals surface area contributed by atoms with E-state index in [9.17, 15) is 23.6 Å². The Morgan fingerprint density at radius 3 is 2.15 bits per heavy atom. The minimum Gasteiger partial charge on any atom is -0.349 e. The van der Waals surface area contributed by atoms with Crippen LogP contribution in [0, 0.1) is 17.7 Å². The Labute approximate surface area is 189 Å². The lowest BCUT2D eigenvalue weighted by molar-refractivity contribution is -0.148. The number of ketones is 2. The Hall–Kier alpha value is -3.19. The fourth-order valence-electron chi connectivity index (χ4n) is 6.22. The number of hydrogen-bond acceptors (Lipinski definition) is 5. The van der Waals surface area contributed by atoms with Gasteiger partial charge in [0, 0.05) is 17.2 Å². The van der Waals surface area contributed by atoms with Crippen LogP contribution in [0.4, 0.5) is 4.39 Å². The Bertz CT molecular complexity index is 1180. The van der Waals surface area contributed by atoms with Gasteiger partial charge < -0.3 is 4.74 Å². The van der Waals surface area contributed by atoms with E-state index in [2.05, 4.69) is 0 Å². The first-order valence-corrected chi connectivity index (χ1v) is 11.4. The number of carbonyl (C=O) groups excluding carboxylic acids is 4. The van der Waals surface area contributed by atoms with Crippen LogP contribution in [0.5, 0.6) is 0 Å². The highest BCUT2D eigenvalue weighted by Gasteiger charge is 2.75. The van der Waals surface area contributed by atoms with Gasteiger partial charge in [0.15, 0.2) is 0 Å². The van der Waals surface area contributed by atoms with Crippen molar-refractivity contribution in [2.75, 3.05) is 0 Å². The summed E-state index contributed by atoms with van der Waals surface area (Å²) in [5.41, 5.74) is -1.37. The lowest BCUT2D eigenvalue weighted by atomic mass is 9.77. The number of likely N-dealkylation sites (tertiary alicyclic amines) is 1. The summed E-state index contributed by atoms with van der Waals surface area (Å²) in [4.78, 5) is 56.1. The molecule has 6 rings (SSSR count). The number of rotatable bonds is 2. The molecular weight excluding hydrogens is 425 g/mol. The van der Waals surface area contributed by atoms with E-state index in [0.29, 0.717) is 18.4 Å².